The molecule has 1 aliphatic heterocycles. The molecule has 1 unspecified atom stereocenters. The third-order valence-electron chi connectivity index (χ3n) is 5.49. The second kappa shape index (κ2) is 6.52. The number of aromatic hydroxyl groups is 1. The second-order valence-electron chi connectivity index (χ2n) is 7.00. The van der Waals surface area contributed by atoms with E-state index in [-0.39, 0.29) is 17.6 Å². The number of phenols is 1. The molecule has 4 rings (SSSR count). The minimum absolute atomic E-state index is 0.164. The first kappa shape index (κ1) is 16.1. The van der Waals surface area contributed by atoms with Gasteiger partial charge in [0.1, 0.15) is 11.6 Å². The van der Waals surface area contributed by atoms with E-state index >= 15 is 0 Å². The number of fused-ring (bicyclic) bond motifs is 1. The van der Waals surface area contributed by atoms with Crippen LogP contribution in [-0.4, -0.2) is 56.5 Å². The number of phenolic OH excluding ortho intramolecular Hbond substituents is 1. The summed E-state index contributed by atoms with van der Waals surface area (Å²) in [5, 5.41) is 10.2. The summed E-state index contributed by atoms with van der Waals surface area (Å²) in [6.45, 7) is 4.02. The van der Waals surface area contributed by atoms with E-state index in [1.54, 1.807) is 6.07 Å². The molecule has 1 aromatic carbocycles. The smallest absolute Gasteiger partial charge is 0.230 e. The van der Waals surface area contributed by atoms with Gasteiger partial charge in [-0.3, -0.25) is 9.69 Å². The summed E-state index contributed by atoms with van der Waals surface area (Å²) in [6, 6.07) is 5.57. The van der Waals surface area contributed by atoms with Crippen molar-refractivity contribution in [2.45, 2.75) is 25.3 Å². The Morgan fingerprint density at radius 1 is 1.28 bits per heavy atom. The van der Waals surface area contributed by atoms with Crippen LogP contribution in [0.4, 0.5) is 0 Å². The van der Waals surface area contributed by atoms with Crippen molar-refractivity contribution in [3.8, 4) is 5.75 Å². The zero-order chi connectivity index (χ0) is 17.4. The molecule has 6 nitrogen and oxygen atoms in total. The van der Waals surface area contributed by atoms with E-state index < -0.39 is 0 Å². The first-order chi connectivity index (χ1) is 12.1. The molecule has 1 fully saturated rings. The fourth-order valence-corrected chi connectivity index (χ4v) is 4.01. The molecule has 0 bridgehead atoms. The third-order valence-corrected chi connectivity index (χ3v) is 5.49. The first-order valence-electron chi connectivity index (χ1n) is 8.91. The number of rotatable bonds is 3. The van der Waals surface area contributed by atoms with Crippen LogP contribution in [0.25, 0.3) is 0 Å². The number of amides is 1. The van der Waals surface area contributed by atoms with Gasteiger partial charge in [-0.15, -0.1) is 0 Å². The Kier molecular flexibility index (Phi) is 4.21. The molecule has 132 valence electrons. The van der Waals surface area contributed by atoms with Crippen LogP contribution in [0.3, 0.4) is 0 Å². The Morgan fingerprint density at radius 3 is 2.80 bits per heavy atom. The van der Waals surface area contributed by atoms with Crippen molar-refractivity contribution in [1.29, 1.82) is 0 Å². The number of imidazole rings is 1. The number of hydrogen-bond acceptors (Lipinski definition) is 4. The van der Waals surface area contributed by atoms with E-state index in [1.807, 2.05) is 41.0 Å². The zero-order valence-electron chi connectivity index (χ0n) is 14.6. The van der Waals surface area contributed by atoms with Gasteiger partial charge in [0.25, 0.3) is 0 Å². The Balaban J connectivity index is 1.39. The number of aryl methyl sites for hydroxylation is 2. The SMILES string of the molecule is Cn1ccnc1CN1CCN(C(=O)C2CCc3cccc(O)c32)CC1. The topological polar surface area (TPSA) is 61.6 Å². The second-order valence-corrected chi connectivity index (χ2v) is 7.00. The lowest BCUT2D eigenvalue weighted by Crippen LogP contribution is -2.49. The van der Waals surface area contributed by atoms with Crippen LogP contribution in [0, 0.1) is 0 Å². The van der Waals surface area contributed by atoms with Crippen LogP contribution >= 0.6 is 0 Å². The van der Waals surface area contributed by atoms with Gasteiger partial charge in [0.05, 0.1) is 12.5 Å². The number of carbonyl (C=O) groups is 1. The summed E-state index contributed by atoms with van der Waals surface area (Å²) in [5.74, 6) is 1.30. The van der Waals surface area contributed by atoms with E-state index in [0.29, 0.717) is 0 Å². The number of piperazine rings is 1. The number of aromatic nitrogens is 2. The summed E-state index contributed by atoms with van der Waals surface area (Å²) in [6.07, 6.45) is 5.46. The molecule has 1 atom stereocenters. The molecule has 2 aliphatic rings. The maximum atomic E-state index is 13.0. The Labute approximate surface area is 147 Å². The highest BCUT2D eigenvalue weighted by Crippen LogP contribution is 2.40. The van der Waals surface area contributed by atoms with Crippen LogP contribution in [0.1, 0.15) is 29.3 Å². The normalized spacial score (nSPS) is 20.7. The standard InChI is InChI=1S/C19H24N4O2/c1-21-8-7-20-17(21)13-22-9-11-23(12-10-22)19(25)15-6-5-14-3-2-4-16(24)18(14)15/h2-4,7-8,15,24H,5-6,9-13H2,1H3. The molecule has 6 heteroatoms. The van der Waals surface area contributed by atoms with E-state index in [4.69, 9.17) is 0 Å². The van der Waals surface area contributed by atoms with Crippen molar-refractivity contribution in [3.05, 3.63) is 47.5 Å². The zero-order valence-corrected chi connectivity index (χ0v) is 14.6. The molecule has 1 amide bonds. The first-order valence-corrected chi connectivity index (χ1v) is 8.91. The molecule has 1 saturated heterocycles. The van der Waals surface area contributed by atoms with Crippen LogP contribution in [-0.2, 0) is 24.8 Å². The molecule has 0 saturated carbocycles. The van der Waals surface area contributed by atoms with E-state index in [1.165, 1.54) is 0 Å². The van der Waals surface area contributed by atoms with Gasteiger partial charge in [-0.1, -0.05) is 12.1 Å². The quantitative estimate of drug-likeness (QED) is 0.920. The summed E-state index contributed by atoms with van der Waals surface area (Å²) < 4.78 is 2.04. The summed E-state index contributed by atoms with van der Waals surface area (Å²) in [7, 11) is 2.01. The lowest BCUT2D eigenvalue weighted by molar-refractivity contribution is -0.134. The van der Waals surface area contributed by atoms with Gasteiger partial charge in [0.15, 0.2) is 0 Å². The Morgan fingerprint density at radius 2 is 2.08 bits per heavy atom. The van der Waals surface area contributed by atoms with Crippen molar-refractivity contribution in [1.82, 2.24) is 19.4 Å². The van der Waals surface area contributed by atoms with Gasteiger partial charge in [-0.2, -0.15) is 0 Å². The number of nitrogens with zero attached hydrogens (tertiary/aromatic N) is 4. The molecular weight excluding hydrogens is 316 g/mol. The maximum absolute atomic E-state index is 13.0. The number of carbonyl (C=O) groups excluding carboxylic acids is 1. The van der Waals surface area contributed by atoms with Crippen molar-refractivity contribution >= 4 is 5.91 Å². The molecule has 0 radical (unpaired) electrons. The monoisotopic (exact) mass is 340 g/mol. The average Bonchev–Trinajstić information content (AvgIpc) is 3.22. The summed E-state index contributed by atoms with van der Waals surface area (Å²) in [5.41, 5.74) is 1.97. The molecule has 1 aliphatic carbocycles. The number of benzene rings is 1. The minimum atomic E-state index is -0.183. The molecular formula is C19H24N4O2. The van der Waals surface area contributed by atoms with Crippen LogP contribution in [0.2, 0.25) is 0 Å². The molecule has 1 N–H and O–H groups in total. The van der Waals surface area contributed by atoms with Gasteiger partial charge in [-0.05, 0) is 24.5 Å². The summed E-state index contributed by atoms with van der Waals surface area (Å²) in [4.78, 5) is 21.6. The Bertz CT molecular complexity index is 777. The van der Waals surface area contributed by atoms with Gasteiger partial charge in [-0.25, -0.2) is 4.98 Å². The van der Waals surface area contributed by atoms with Crippen LogP contribution in [0.5, 0.6) is 5.75 Å². The highest BCUT2D eigenvalue weighted by molar-refractivity contribution is 5.86. The molecule has 2 heterocycles. The van der Waals surface area contributed by atoms with E-state index in [2.05, 4.69) is 9.88 Å². The molecule has 2 aromatic rings. The van der Waals surface area contributed by atoms with Crippen LogP contribution in [0.15, 0.2) is 30.6 Å². The predicted molar refractivity (Wildman–Crippen MR) is 94.2 cm³/mol. The fraction of sp³-hybridized carbons (Fsp3) is 0.474. The maximum Gasteiger partial charge on any atom is 0.230 e. The van der Waals surface area contributed by atoms with Crippen molar-refractivity contribution in [2.24, 2.45) is 7.05 Å². The molecule has 1 aromatic heterocycles. The van der Waals surface area contributed by atoms with Crippen molar-refractivity contribution in [2.75, 3.05) is 26.2 Å². The summed E-state index contributed by atoms with van der Waals surface area (Å²) >= 11 is 0. The largest absolute Gasteiger partial charge is 0.508 e. The average molecular weight is 340 g/mol. The van der Waals surface area contributed by atoms with Gasteiger partial charge < -0.3 is 14.6 Å². The highest BCUT2D eigenvalue weighted by Gasteiger charge is 2.35. The Hall–Kier alpha value is -2.34. The predicted octanol–water partition coefficient (Wildman–Crippen LogP) is 1.50. The van der Waals surface area contributed by atoms with Crippen molar-refractivity contribution < 1.29 is 9.90 Å². The highest BCUT2D eigenvalue weighted by atomic mass is 16.3. The lowest BCUT2D eigenvalue weighted by Gasteiger charge is -2.36. The van der Waals surface area contributed by atoms with Crippen molar-refractivity contribution in [3.63, 3.8) is 0 Å². The van der Waals surface area contributed by atoms with Gasteiger partial charge in [0, 0.05) is 51.2 Å². The van der Waals surface area contributed by atoms with E-state index in [0.717, 1.165) is 62.5 Å². The third kappa shape index (κ3) is 3.02. The van der Waals surface area contributed by atoms with E-state index in [9.17, 15) is 9.90 Å². The number of hydrogen-bond donors (Lipinski definition) is 1. The minimum Gasteiger partial charge on any atom is -0.508 e. The lowest BCUT2D eigenvalue weighted by atomic mass is 9.98. The molecule has 25 heavy (non-hydrogen) atoms. The van der Waals surface area contributed by atoms with Gasteiger partial charge in [0.2, 0.25) is 5.91 Å². The molecule has 0 spiro atoms. The van der Waals surface area contributed by atoms with Crippen LogP contribution < -0.4 is 0 Å². The van der Waals surface area contributed by atoms with Gasteiger partial charge >= 0.3 is 0 Å². The fourth-order valence-electron chi connectivity index (χ4n) is 4.01.